The third-order valence-corrected chi connectivity index (χ3v) is 2.22. The van der Waals surface area contributed by atoms with Gasteiger partial charge in [0, 0.05) is 12.2 Å². The minimum atomic E-state index is 0.523. The van der Waals surface area contributed by atoms with Crippen LogP contribution in [0, 0.1) is 0 Å². The first-order valence-electron chi connectivity index (χ1n) is 4.80. The summed E-state index contributed by atoms with van der Waals surface area (Å²) in [5, 5.41) is 3.60. The van der Waals surface area contributed by atoms with Crippen molar-refractivity contribution in [2.24, 2.45) is 0 Å². The molecule has 82 valence electrons. The Labute approximate surface area is 98.5 Å². The fourth-order valence-electron chi connectivity index (χ4n) is 1.29. The molecule has 1 aromatic heterocycles. The first kappa shape index (κ1) is 10.7. The van der Waals surface area contributed by atoms with Gasteiger partial charge < -0.3 is 11.1 Å². The van der Waals surface area contributed by atoms with Crippen LogP contribution in [0.15, 0.2) is 36.7 Å². The molecular formula is C11H11ClN4. The summed E-state index contributed by atoms with van der Waals surface area (Å²) in [5.74, 6) is 0.548. The predicted molar refractivity (Wildman–Crippen MR) is 65.2 cm³/mol. The molecule has 0 unspecified atom stereocenters. The molecule has 0 saturated heterocycles. The number of nitrogens with two attached hydrogens (primary N) is 1. The van der Waals surface area contributed by atoms with Crippen molar-refractivity contribution in [3.05, 3.63) is 47.2 Å². The van der Waals surface area contributed by atoms with Crippen molar-refractivity contribution in [1.29, 1.82) is 0 Å². The summed E-state index contributed by atoms with van der Waals surface area (Å²) in [6.45, 7) is 0.632. The molecule has 4 nitrogen and oxygen atoms in total. The Balaban J connectivity index is 1.99. The molecule has 0 radical (unpaired) electrons. The van der Waals surface area contributed by atoms with Gasteiger partial charge in [-0.25, -0.2) is 9.97 Å². The molecule has 0 aliphatic rings. The number of aromatic nitrogens is 2. The van der Waals surface area contributed by atoms with Crippen LogP contribution < -0.4 is 11.1 Å². The Morgan fingerprint density at radius 3 is 2.69 bits per heavy atom. The van der Waals surface area contributed by atoms with Crippen molar-refractivity contribution in [1.82, 2.24) is 9.97 Å². The Bertz CT molecular complexity index is 470. The summed E-state index contributed by atoms with van der Waals surface area (Å²) >= 11 is 5.68. The number of rotatable bonds is 3. The van der Waals surface area contributed by atoms with Gasteiger partial charge in [-0.3, -0.25) is 0 Å². The van der Waals surface area contributed by atoms with Gasteiger partial charge in [-0.05, 0) is 17.7 Å². The van der Waals surface area contributed by atoms with E-state index in [9.17, 15) is 0 Å². The highest BCUT2D eigenvalue weighted by atomic mass is 35.5. The highest BCUT2D eigenvalue weighted by molar-refractivity contribution is 6.30. The highest BCUT2D eigenvalue weighted by Gasteiger charge is 1.97. The number of hydrogen-bond acceptors (Lipinski definition) is 4. The third-order valence-electron chi connectivity index (χ3n) is 2.02. The molecule has 3 N–H and O–H groups in total. The van der Waals surface area contributed by atoms with Gasteiger partial charge in [0.1, 0.15) is 0 Å². The lowest BCUT2D eigenvalue weighted by atomic mass is 10.2. The average molecular weight is 235 g/mol. The molecule has 16 heavy (non-hydrogen) atoms. The van der Waals surface area contributed by atoms with Crippen LogP contribution in [0.4, 0.5) is 11.6 Å². The van der Waals surface area contributed by atoms with Gasteiger partial charge in [-0.15, -0.1) is 0 Å². The smallest absolute Gasteiger partial charge is 0.222 e. The zero-order chi connectivity index (χ0) is 11.4. The van der Waals surface area contributed by atoms with Crippen LogP contribution in [0.2, 0.25) is 5.02 Å². The molecule has 0 fully saturated rings. The number of nitrogens with zero attached hydrogens (tertiary/aromatic N) is 2. The summed E-state index contributed by atoms with van der Waals surface area (Å²) < 4.78 is 0. The van der Waals surface area contributed by atoms with E-state index in [0.29, 0.717) is 17.5 Å². The predicted octanol–water partition coefficient (Wildman–Crippen LogP) is 2.32. The van der Waals surface area contributed by atoms with E-state index in [1.807, 2.05) is 24.3 Å². The van der Waals surface area contributed by atoms with Crippen LogP contribution in [-0.2, 0) is 6.54 Å². The molecule has 1 aromatic carbocycles. The Morgan fingerprint density at radius 2 is 2.00 bits per heavy atom. The van der Waals surface area contributed by atoms with Gasteiger partial charge in [0.25, 0.3) is 0 Å². The van der Waals surface area contributed by atoms with Crippen LogP contribution in [-0.4, -0.2) is 9.97 Å². The van der Waals surface area contributed by atoms with E-state index in [0.717, 1.165) is 11.3 Å². The highest BCUT2D eigenvalue weighted by Crippen LogP contribution is 2.09. The minimum absolute atomic E-state index is 0.523. The Hall–Kier alpha value is -1.81. The molecule has 0 atom stereocenters. The first-order valence-corrected chi connectivity index (χ1v) is 5.18. The van der Waals surface area contributed by atoms with E-state index >= 15 is 0 Å². The Kier molecular flexibility index (Phi) is 3.22. The molecule has 2 aromatic rings. The lowest BCUT2D eigenvalue weighted by Crippen LogP contribution is -2.03. The van der Waals surface area contributed by atoms with E-state index in [-0.39, 0.29) is 0 Å². The number of nitrogen functional groups attached to an aromatic ring is 1. The molecular weight excluding hydrogens is 224 g/mol. The van der Waals surface area contributed by atoms with Crippen molar-refractivity contribution in [3.63, 3.8) is 0 Å². The van der Waals surface area contributed by atoms with Gasteiger partial charge in [0.2, 0.25) is 5.95 Å². The largest absolute Gasteiger partial charge is 0.399 e. The normalized spacial score (nSPS) is 10.1. The van der Waals surface area contributed by atoms with Gasteiger partial charge in [0.05, 0.1) is 17.4 Å². The van der Waals surface area contributed by atoms with Crippen molar-refractivity contribution in [2.75, 3.05) is 11.1 Å². The number of hydrogen-bond donors (Lipinski definition) is 2. The van der Waals surface area contributed by atoms with Crippen molar-refractivity contribution >= 4 is 23.2 Å². The molecule has 0 aliphatic carbocycles. The number of halogens is 1. The summed E-state index contributed by atoms with van der Waals surface area (Å²) in [6, 6.07) is 7.65. The molecule has 0 bridgehead atoms. The Morgan fingerprint density at radius 1 is 1.25 bits per heavy atom. The fourth-order valence-corrected chi connectivity index (χ4v) is 1.39. The second kappa shape index (κ2) is 4.81. The zero-order valence-corrected chi connectivity index (χ0v) is 9.28. The van der Waals surface area contributed by atoms with Gasteiger partial charge in [-0.1, -0.05) is 23.7 Å². The van der Waals surface area contributed by atoms with Crippen LogP contribution in [0.3, 0.4) is 0 Å². The molecule has 1 heterocycles. The molecule has 0 amide bonds. The molecule has 2 rings (SSSR count). The minimum Gasteiger partial charge on any atom is -0.399 e. The summed E-state index contributed by atoms with van der Waals surface area (Å²) in [5.41, 5.74) is 7.50. The SMILES string of the molecule is Nc1cccc(CNc2ncc(Cl)cn2)c1. The summed E-state index contributed by atoms with van der Waals surface area (Å²) in [4.78, 5) is 8.06. The fraction of sp³-hybridized carbons (Fsp3) is 0.0909. The number of anilines is 2. The lowest BCUT2D eigenvalue weighted by molar-refractivity contribution is 1.05. The van der Waals surface area contributed by atoms with Crippen LogP contribution in [0.5, 0.6) is 0 Å². The first-order chi connectivity index (χ1) is 7.74. The monoisotopic (exact) mass is 234 g/mol. The van der Waals surface area contributed by atoms with E-state index in [1.54, 1.807) is 12.4 Å². The van der Waals surface area contributed by atoms with Crippen LogP contribution >= 0.6 is 11.6 Å². The van der Waals surface area contributed by atoms with Crippen LogP contribution in [0.25, 0.3) is 0 Å². The van der Waals surface area contributed by atoms with E-state index in [2.05, 4.69) is 15.3 Å². The van der Waals surface area contributed by atoms with E-state index in [1.165, 1.54) is 0 Å². The van der Waals surface area contributed by atoms with E-state index < -0.39 is 0 Å². The summed E-state index contributed by atoms with van der Waals surface area (Å²) in [6.07, 6.45) is 3.10. The van der Waals surface area contributed by atoms with E-state index in [4.69, 9.17) is 17.3 Å². The maximum Gasteiger partial charge on any atom is 0.222 e. The van der Waals surface area contributed by atoms with Gasteiger partial charge >= 0.3 is 0 Å². The second-order valence-corrected chi connectivity index (χ2v) is 3.76. The average Bonchev–Trinajstić information content (AvgIpc) is 2.28. The zero-order valence-electron chi connectivity index (χ0n) is 8.52. The topological polar surface area (TPSA) is 63.8 Å². The maximum atomic E-state index is 5.68. The standard InChI is InChI=1S/C11H11ClN4/c12-9-6-15-11(16-7-9)14-5-8-2-1-3-10(13)4-8/h1-4,6-7H,5,13H2,(H,14,15,16). The summed E-state index contributed by atoms with van der Waals surface area (Å²) in [7, 11) is 0. The van der Waals surface area contributed by atoms with Gasteiger partial charge in [0.15, 0.2) is 0 Å². The molecule has 5 heteroatoms. The van der Waals surface area contributed by atoms with Gasteiger partial charge in [-0.2, -0.15) is 0 Å². The number of nitrogens with one attached hydrogen (secondary N) is 1. The third kappa shape index (κ3) is 2.84. The van der Waals surface area contributed by atoms with Crippen molar-refractivity contribution in [2.45, 2.75) is 6.54 Å². The van der Waals surface area contributed by atoms with Crippen molar-refractivity contribution in [3.8, 4) is 0 Å². The van der Waals surface area contributed by atoms with Crippen LogP contribution in [0.1, 0.15) is 5.56 Å². The maximum absolute atomic E-state index is 5.68. The van der Waals surface area contributed by atoms with Crippen molar-refractivity contribution < 1.29 is 0 Å². The number of benzene rings is 1. The molecule has 0 spiro atoms. The molecule has 0 aliphatic heterocycles. The molecule has 0 saturated carbocycles. The lowest BCUT2D eigenvalue weighted by Gasteiger charge is -2.05. The quantitative estimate of drug-likeness (QED) is 0.800. The second-order valence-electron chi connectivity index (χ2n) is 3.32.